The smallest absolute Gasteiger partial charge is 0.252 e. The lowest BCUT2D eigenvalue weighted by Crippen LogP contribution is -2.36. The molecular weight excluding hydrogens is 359 g/mol. The van der Waals surface area contributed by atoms with E-state index in [9.17, 15) is 4.79 Å². The Bertz CT molecular complexity index is 885. The predicted molar refractivity (Wildman–Crippen MR) is 109 cm³/mol. The van der Waals surface area contributed by atoms with Gasteiger partial charge in [0.2, 0.25) is 0 Å². The summed E-state index contributed by atoms with van der Waals surface area (Å²) in [5.41, 5.74) is 3.31. The van der Waals surface area contributed by atoms with Crippen LogP contribution in [-0.4, -0.2) is 43.9 Å². The second kappa shape index (κ2) is 7.71. The number of allylic oxidation sites excluding steroid dienone is 3. The van der Waals surface area contributed by atoms with Crippen LogP contribution in [0.1, 0.15) is 12.0 Å². The van der Waals surface area contributed by atoms with E-state index in [4.69, 9.17) is 9.47 Å². The lowest BCUT2D eigenvalue weighted by atomic mass is 10.0. The average molecular weight is 382 g/mol. The molecule has 0 saturated carbocycles. The number of hydrogen-bond donors (Lipinski definition) is 1. The van der Waals surface area contributed by atoms with Gasteiger partial charge in [0.15, 0.2) is 11.5 Å². The number of methoxy groups -OCH3 is 2. The van der Waals surface area contributed by atoms with Crippen LogP contribution in [0.15, 0.2) is 59.6 Å². The highest BCUT2D eigenvalue weighted by Crippen LogP contribution is 2.44. The zero-order valence-corrected chi connectivity index (χ0v) is 16.5. The van der Waals surface area contributed by atoms with Crippen LogP contribution < -0.4 is 14.8 Å². The molecule has 0 aliphatic carbocycles. The van der Waals surface area contributed by atoms with Gasteiger partial charge in [0.05, 0.1) is 20.0 Å². The van der Waals surface area contributed by atoms with Gasteiger partial charge in [0.1, 0.15) is 0 Å². The molecule has 0 aromatic heterocycles. The molecule has 0 spiro atoms. The summed E-state index contributed by atoms with van der Waals surface area (Å²) in [6, 6.07) is 5.80. The number of fused-ring (bicyclic) bond motifs is 1. The summed E-state index contributed by atoms with van der Waals surface area (Å²) in [6.07, 6.45) is 11.2. The first kappa shape index (κ1) is 18.0. The molecule has 1 aromatic rings. The number of amides is 1. The van der Waals surface area contributed by atoms with Crippen molar-refractivity contribution in [2.24, 2.45) is 0 Å². The van der Waals surface area contributed by atoms with Crippen LogP contribution in [0.4, 0.5) is 0 Å². The first-order valence-corrected chi connectivity index (χ1v) is 10.1. The van der Waals surface area contributed by atoms with Gasteiger partial charge in [0, 0.05) is 18.8 Å². The van der Waals surface area contributed by atoms with Crippen molar-refractivity contribution in [2.45, 2.75) is 12.2 Å². The van der Waals surface area contributed by atoms with Gasteiger partial charge in [-0.3, -0.25) is 4.79 Å². The second-order valence-corrected chi connectivity index (χ2v) is 8.01. The third-order valence-corrected chi connectivity index (χ3v) is 6.53. The van der Waals surface area contributed by atoms with Gasteiger partial charge in [-0.25, -0.2) is 0 Å². The minimum atomic E-state index is 0.0514. The van der Waals surface area contributed by atoms with E-state index in [0.29, 0.717) is 20.1 Å². The highest BCUT2D eigenvalue weighted by molar-refractivity contribution is 7.44. The molecular formula is C21H23N2O3P. The second-order valence-electron chi connectivity index (χ2n) is 6.59. The van der Waals surface area contributed by atoms with Crippen molar-refractivity contribution in [1.29, 1.82) is 0 Å². The molecule has 0 saturated heterocycles. The summed E-state index contributed by atoms with van der Waals surface area (Å²) in [5, 5.41) is 4.53. The van der Waals surface area contributed by atoms with E-state index in [2.05, 4.69) is 23.5 Å². The van der Waals surface area contributed by atoms with E-state index < -0.39 is 0 Å². The summed E-state index contributed by atoms with van der Waals surface area (Å²) >= 11 is 0. The molecule has 0 radical (unpaired) electrons. The van der Waals surface area contributed by atoms with E-state index in [1.165, 1.54) is 10.9 Å². The summed E-state index contributed by atoms with van der Waals surface area (Å²) in [7, 11) is 3.82. The predicted octanol–water partition coefficient (Wildman–Crippen LogP) is 3.26. The molecule has 4 rings (SSSR count). The van der Waals surface area contributed by atoms with E-state index in [1.807, 2.05) is 35.4 Å². The Balaban J connectivity index is 1.61. The van der Waals surface area contributed by atoms with Crippen LogP contribution in [-0.2, 0) is 4.79 Å². The van der Waals surface area contributed by atoms with Crippen LogP contribution in [0, 0.1) is 0 Å². The summed E-state index contributed by atoms with van der Waals surface area (Å²) in [6.45, 7) is 1.87. The third-order valence-electron chi connectivity index (χ3n) is 4.99. The largest absolute Gasteiger partial charge is 0.493 e. The Hall–Kier alpha value is -2.36. The van der Waals surface area contributed by atoms with Crippen molar-refractivity contribution in [3.8, 4) is 11.5 Å². The lowest BCUT2D eigenvalue weighted by molar-refractivity contribution is -0.123. The maximum atomic E-state index is 12.8. The number of nitrogens with zero attached hydrogens (tertiary/aromatic N) is 1. The number of benzene rings is 1. The van der Waals surface area contributed by atoms with Crippen LogP contribution in [0.5, 0.6) is 11.5 Å². The molecule has 1 amide bonds. The van der Waals surface area contributed by atoms with Gasteiger partial charge in [-0.05, 0) is 47.1 Å². The third kappa shape index (κ3) is 3.58. The Morgan fingerprint density at radius 1 is 1.22 bits per heavy atom. The molecule has 5 nitrogen and oxygen atoms in total. The fourth-order valence-electron chi connectivity index (χ4n) is 3.52. The first-order chi connectivity index (χ1) is 13.2. The zero-order valence-electron chi connectivity index (χ0n) is 15.5. The number of carbonyl (C=O) groups excluding carboxylic acids is 1. The monoisotopic (exact) mass is 382 g/mol. The van der Waals surface area contributed by atoms with E-state index in [1.54, 1.807) is 14.2 Å². The van der Waals surface area contributed by atoms with Gasteiger partial charge in [0.25, 0.3) is 5.91 Å². The standard InChI is InChI=1S/C21H23N2O3P/c1-25-17-5-3-15(11-18(17)26-2)16-4-6-21-23(13-16)20(24)12-19(27-21)14-7-9-22-10-8-14/h3-7,11-13,21-22,27H,8-10H2,1-2H3. The molecule has 3 aliphatic rings. The number of hydrogen-bond acceptors (Lipinski definition) is 4. The molecule has 3 aliphatic heterocycles. The van der Waals surface area contributed by atoms with Crippen molar-refractivity contribution >= 4 is 20.1 Å². The van der Waals surface area contributed by atoms with Crippen LogP contribution >= 0.6 is 8.58 Å². The van der Waals surface area contributed by atoms with E-state index in [0.717, 1.165) is 30.6 Å². The molecule has 3 heterocycles. The SMILES string of the molecule is COc1ccc(C2=CN3C(=O)C=C(C4=CCNCC4)PC3C=C2)cc1OC. The van der Waals surface area contributed by atoms with Gasteiger partial charge in [-0.1, -0.05) is 32.9 Å². The fraction of sp³-hybridized carbons (Fsp3) is 0.286. The van der Waals surface area contributed by atoms with Crippen LogP contribution in [0.3, 0.4) is 0 Å². The molecule has 2 unspecified atom stereocenters. The van der Waals surface area contributed by atoms with Crippen molar-refractivity contribution < 1.29 is 14.3 Å². The molecule has 6 heteroatoms. The molecule has 27 heavy (non-hydrogen) atoms. The van der Waals surface area contributed by atoms with Crippen molar-refractivity contribution in [3.05, 3.63) is 65.2 Å². The minimum absolute atomic E-state index is 0.0514. The molecule has 140 valence electrons. The van der Waals surface area contributed by atoms with Crippen molar-refractivity contribution in [3.63, 3.8) is 0 Å². The van der Waals surface area contributed by atoms with Crippen LogP contribution in [0.2, 0.25) is 0 Å². The quantitative estimate of drug-likeness (QED) is 0.813. The molecule has 2 atom stereocenters. The number of ether oxygens (including phenoxy) is 2. The first-order valence-electron chi connectivity index (χ1n) is 9.02. The van der Waals surface area contributed by atoms with Crippen molar-refractivity contribution in [1.82, 2.24) is 10.2 Å². The fourth-order valence-corrected chi connectivity index (χ4v) is 4.99. The van der Waals surface area contributed by atoms with Gasteiger partial charge >= 0.3 is 0 Å². The van der Waals surface area contributed by atoms with E-state index in [-0.39, 0.29) is 11.7 Å². The Kier molecular flexibility index (Phi) is 5.15. The maximum absolute atomic E-state index is 12.8. The zero-order chi connectivity index (χ0) is 18.8. The number of carbonyl (C=O) groups is 1. The average Bonchev–Trinajstić information content (AvgIpc) is 2.73. The molecule has 0 fully saturated rings. The summed E-state index contributed by atoms with van der Waals surface area (Å²) in [4.78, 5) is 14.6. The normalized spacial score (nSPS) is 22.7. The Morgan fingerprint density at radius 2 is 2.07 bits per heavy atom. The van der Waals surface area contributed by atoms with Gasteiger partial charge in [-0.2, -0.15) is 0 Å². The van der Waals surface area contributed by atoms with Gasteiger partial charge < -0.3 is 19.7 Å². The lowest BCUT2D eigenvalue weighted by Gasteiger charge is -2.35. The van der Waals surface area contributed by atoms with E-state index >= 15 is 0 Å². The molecule has 0 bridgehead atoms. The summed E-state index contributed by atoms with van der Waals surface area (Å²) < 4.78 is 10.7. The number of nitrogens with one attached hydrogen (secondary N) is 1. The molecule has 1 aromatic carbocycles. The summed E-state index contributed by atoms with van der Waals surface area (Å²) in [5.74, 6) is 1.53. The Labute approximate surface area is 161 Å². The van der Waals surface area contributed by atoms with Crippen LogP contribution in [0.25, 0.3) is 5.57 Å². The highest BCUT2D eigenvalue weighted by atomic mass is 31.1. The number of rotatable bonds is 4. The minimum Gasteiger partial charge on any atom is -0.493 e. The maximum Gasteiger partial charge on any atom is 0.252 e. The van der Waals surface area contributed by atoms with Crippen molar-refractivity contribution in [2.75, 3.05) is 27.3 Å². The highest BCUT2D eigenvalue weighted by Gasteiger charge is 2.29. The Morgan fingerprint density at radius 3 is 2.81 bits per heavy atom. The van der Waals surface area contributed by atoms with Gasteiger partial charge in [-0.15, -0.1) is 0 Å². The molecule has 1 N–H and O–H groups in total. The topological polar surface area (TPSA) is 50.8 Å².